The van der Waals surface area contributed by atoms with Gasteiger partial charge in [0.25, 0.3) is 10.1 Å². The topological polar surface area (TPSA) is 185 Å². The summed E-state index contributed by atoms with van der Waals surface area (Å²) >= 11 is 0. The second kappa shape index (κ2) is 11.5. The Bertz CT molecular complexity index is 1210. The van der Waals surface area contributed by atoms with Crippen molar-refractivity contribution < 1.29 is 22.5 Å². The largest absolute Gasteiger partial charge is 0.497 e. The van der Waals surface area contributed by atoms with Gasteiger partial charge in [-0.3, -0.25) is 9.45 Å². The Kier molecular flexibility index (Phi) is 9.03. The van der Waals surface area contributed by atoms with Gasteiger partial charge in [0.1, 0.15) is 11.4 Å². The zero-order chi connectivity index (χ0) is 26.2. The number of amides is 2. The zero-order valence-corrected chi connectivity index (χ0v) is 20.8. The molecule has 13 heteroatoms. The number of aliphatic imine (C=N–C) groups is 2. The third-order valence-electron chi connectivity index (χ3n) is 4.71. The second-order valence-corrected chi connectivity index (χ2v) is 9.59. The lowest BCUT2D eigenvalue weighted by Gasteiger charge is -2.38. The van der Waals surface area contributed by atoms with Crippen molar-refractivity contribution in [2.75, 3.05) is 23.1 Å². The van der Waals surface area contributed by atoms with E-state index >= 15 is 0 Å². The van der Waals surface area contributed by atoms with E-state index in [0.717, 1.165) is 11.3 Å². The molecule has 12 nitrogen and oxygen atoms in total. The summed E-state index contributed by atoms with van der Waals surface area (Å²) in [6.45, 7) is 5.50. The third kappa shape index (κ3) is 8.46. The molecule has 0 atom stereocenters. The van der Waals surface area contributed by atoms with Crippen molar-refractivity contribution in [3.05, 3.63) is 54.1 Å². The molecule has 190 valence electrons. The van der Waals surface area contributed by atoms with Crippen molar-refractivity contribution >= 4 is 39.4 Å². The number of methoxy groups -OCH3 is 1. The third-order valence-corrected chi connectivity index (χ3v) is 5.44. The number of nitrogens with zero attached hydrogens (tertiary/aromatic N) is 3. The Hall–Kier alpha value is -3.84. The number of rotatable bonds is 6. The normalized spacial score (nSPS) is 14.6. The number of anilines is 2. The van der Waals surface area contributed by atoms with Crippen molar-refractivity contribution in [2.24, 2.45) is 21.5 Å². The van der Waals surface area contributed by atoms with Gasteiger partial charge in [-0.05, 0) is 50.6 Å². The van der Waals surface area contributed by atoms with Crippen LogP contribution in [0.2, 0.25) is 0 Å². The molecule has 2 aromatic rings. The number of ether oxygens (including phenoxy) is 1. The highest BCUT2D eigenvalue weighted by atomic mass is 32.2. The van der Waals surface area contributed by atoms with Crippen LogP contribution < -0.4 is 31.7 Å². The molecule has 0 unspecified atom stereocenters. The van der Waals surface area contributed by atoms with Crippen LogP contribution in [0.25, 0.3) is 0 Å². The van der Waals surface area contributed by atoms with Gasteiger partial charge in [0.2, 0.25) is 11.9 Å². The number of guanidine groups is 2. The lowest BCUT2D eigenvalue weighted by molar-refractivity contribution is 0.251. The molecule has 1 heterocycles. The summed E-state index contributed by atoms with van der Waals surface area (Å²) in [5, 5.41) is 5.61. The highest BCUT2D eigenvalue weighted by Gasteiger charge is 2.32. The summed E-state index contributed by atoms with van der Waals surface area (Å²) in [5.74, 6) is 0.883. The minimum Gasteiger partial charge on any atom is -0.497 e. The monoisotopic (exact) mass is 505 g/mol. The number of benzene rings is 2. The molecule has 0 fully saturated rings. The standard InChI is InChI=1S/C20H25N7O2.C2H6O3S/c1-20(2)26-17(21)25-18(22)27(20)15-8-4-6-13(10-15)12-23-19(28)24-14-7-5-9-16(11-14)29-3;1-2-6(3,4)5/h4-11H,12H2,1-3H3,(H2,23,24,28)(H4,21,22,25,26);2H2,1H3,(H,3,4,5). The van der Waals surface area contributed by atoms with Crippen molar-refractivity contribution in [2.45, 2.75) is 33.0 Å². The Morgan fingerprint density at radius 3 is 2.43 bits per heavy atom. The summed E-state index contributed by atoms with van der Waals surface area (Å²) in [7, 11) is -2.09. The molecule has 0 saturated heterocycles. The first-order chi connectivity index (χ1) is 16.3. The van der Waals surface area contributed by atoms with Gasteiger partial charge in [-0.25, -0.2) is 9.79 Å². The van der Waals surface area contributed by atoms with Gasteiger partial charge >= 0.3 is 6.03 Å². The van der Waals surface area contributed by atoms with Crippen molar-refractivity contribution in [3.8, 4) is 5.75 Å². The van der Waals surface area contributed by atoms with E-state index in [9.17, 15) is 13.2 Å². The van der Waals surface area contributed by atoms with Gasteiger partial charge in [0.05, 0.1) is 12.9 Å². The number of urea groups is 1. The van der Waals surface area contributed by atoms with Gasteiger partial charge in [-0.1, -0.05) is 18.2 Å². The smallest absolute Gasteiger partial charge is 0.319 e. The summed E-state index contributed by atoms with van der Waals surface area (Å²) in [6.07, 6.45) is 0. The molecule has 1 aliphatic heterocycles. The Morgan fingerprint density at radius 1 is 1.17 bits per heavy atom. The number of nitrogens with one attached hydrogen (secondary N) is 2. The molecule has 0 aliphatic carbocycles. The fraction of sp³-hybridized carbons (Fsp3) is 0.318. The predicted molar refractivity (Wildman–Crippen MR) is 137 cm³/mol. The number of carbonyl (C=O) groups is 1. The quantitative estimate of drug-likeness (QED) is 0.369. The molecule has 1 aliphatic rings. The maximum Gasteiger partial charge on any atom is 0.319 e. The summed E-state index contributed by atoms with van der Waals surface area (Å²) in [6, 6.07) is 14.5. The molecule has 2 aromatic carbocycles. The zero-order valence-electron chi connectivity index (χ0n) is 20.0. The van der Waals surface area contributed by atoms with Crippen LogP contribution in [0.5, 0.6) is 5.75 Å². The van der Waals surface area contributed by atoms with Crippen LogP contribution in [0.15, 0.2) is 58.5 Å². The van der Waals surface area contributed by atoms with Gasteiger partial charge in [0.15, 0.2) is 0 Å². The van der Waals surface area contributed by atoms with E-state index in [1.165, 1.54) is 6.92 Å². The molecule has 7 N–H and O–H groups in total. The van der Waals surface area contributed by atoms with Crippen molar-refractivity contribution in [3.63, 3.8) is 0 Å². The first-order valence-corrected chi connectivity index (χ1v) is 12.2. The molecular weight excluding hydrogens is 474 g/mol. The number of nitrogens with two attached hydrogens (primary N) is 2. The van der Waals surface area contributed by atoms with Crippen LogP contribution in [-0.2, 0) is 16.7 Å². The molecule has 0 saturated carbocycles. The van der Waals surface area contributed by atoms with Crippen LogP contribution in [0.3, 0.4) is 0 Å². The minimum absolute atomic E-state index is 0.149. The number of carbonyl (C=O) groups excluding carboxylic acids is 1. The van der Waals surface area contributed by atoms with E-state index in [1.807, 2.05) is 44.2 Å². The Labute approximate surface area is 204 Å². The highest BCUT2D eigenvalue weighted by Crippen LogP contribution is 2.28. The van der Waals surface area contributed by atoms with Crippen molar-refractivity contribution in [1.82, 2.24) is 5.32 Å². The lowest BCUT2D eigenvalue weighted by atomic mass is 10.1. The molecule has 35 heavy (non-hydrogen) atoms. The summed E-state index contributed by atoms with van der Waals surface area (Å²) in [5.41, 5.74) is 13.5. The minimum atomic E-state index is -3.66. The van der Waals surface area contributed by atoms with E-state index in [1.54, 1.807) is 30.2 Å². The van der Waals surface area contributed by atoms with Crippen LogP contribution in [0.4, 0.5) is 16.2 Å². The van der Waals surface area contributed by atoms with Gasteiger partial charge < -0.3 is 26.8 Å². The maximum atomic E-state index is 12.2. The highest BCUT2D eigenvalue weighted by molar-refractivity contribution is 7.85. The van der Waals surface area contributed by atoms with Crippen molar-refractivity contribution in [1.29, 1.82) is 0 Å². The Morgan fingerprint density at radius 2 is 1.83 bits per heavy atom. The van der Waals surface area contributed by atoms with Gasteiger partial charge in [-0.15, -0.1) is 0 Å². The van der Waals surface area contributed by atoms with Crippen LogP contribution in [0, 0.1) is 0 Å². The first-order valence-electron chi connectivity index (χ1n) is 10.6. The molecule has 0 aromatic heterocycles. The fourth-order valence-corrected chi connectivity index (χ4v) is 3.12. The SMILES string of the molecule is CCS(=O)(=O)O.COc1cccc(NC(=O)NCc2cccc(N3C(N)=NC(N)=NC3(C)C)c2)c1. The van der Waals surface area contributed by atoms with Crippen LogP contribution in [0.1, 0.15) is 26.3 Å². The van der Waals surface area contributed by atoms with E-state index in [-0.39, 0.29) is 23.7 Å². The molecule has 0 radical (unpaired) electrons. The van der Waals surface area contributed by atoms with Crippen LogP contribution >= 0.6 is 0 Å². The molecule has 2 amide bonds. The summed E-state index contributed by atoms with van der Waals surface area (Å²) in [4.78, 5) is 22.4. The number of hydrogen-bond acceptors (Lipinski definition) is 9. The molecular formula is C22H31N7O5S. The molecule has 3 rings (SSSR count). The predicted octanol–water partition coefficient (Wildman–Crippen LogP) is 2.10. The van der Waals surface area contributed by atoms with Gasteiger partial charge in [0, 0.05) is 24.0 Å². The molecule has 0 spiro atoms. The maximum absolute atomic E-state index is 12.2. The average molecular weight is 506 g/mol. The van der Waals surface area contributed by atoms with E-state index in [2.05, 4.69) is 20.6 Å². The summed E-state index contributed by atoms with van der Waals surface area (Å²) < 4.78 is 32.1. The molecule has 0 bridgehead atoms. The Balaban J connectivity index is 0.000000641. The van der Waals surface area contributed by atoms with E-state index < -0.39 is 15.8 Å². The van der Waals surface area contributed by atoms with E-state index in [0.29, 0.717) is 18.0 Å². The second-order valence-electron chi connectivity index (χ2n) is 7.85. The number of hydrogen-bond donors (Lipinski definition) is 5. The van der Waals surface area contributed by atoms with E-state index in [4.69, 9.17) is 20.8 Å². The lowest BCUT2D eigenvalue weighted by Crippen LogP contribution is -2.54. The fourth-order valence-electron chi connectivity index (χ4n) is 3.12. The van der Waals surface area contributed by atoms with Gasteiger partial charge in [-0.2, -0.15) is 13.4 Å². The van der Waals surface area contributed by atoms with Crippen LogP contribution in [-0.4, -0.2) is 49.4 Å². The first kappa shape index (κ1) is 27.4. The average Bonchev–Trinajstić information content (AvgIpc) is 2.77.